The van der Waals surface area contributed by atoms with Crippen molar-refractivity contribution < 1.29 is 4.79 Å². The minimum absolute atomic E-state index is 0.108. The van der Waals surface area contributed by atoms with Crippen molar-refractivity contribution >= 4 is 11.6 Å². The predicted molar refractivity (Wildman–Crippen MR) is 104 cm³/mol. The standard InChI is InChI=1S/C22H21N3O/c26-22(20-8-4-7-19(17-20)18-5-2-1-3-6-18)25-15-13-24(14-16-25)21-9-11-23-12-10-21/h1-12,17H,13-16H2. The number of carbonyl (C=O) groups is 1. The molecule has 4 heteroatoms. The highest BCUT2D eigenvalue weighted by atomic mass is 16.2. The molecular weight excluding hydrogens is 322 g/mol. The monoisotopic (exact) mass is 343 g/mol. The molecule has 0 bridgehead atoms. The minimum atomic E-state index is 0.108. The first-order chi connectivity index (χ1) is 12.8. The Morgan fingerprint density at radius 3 is 2.19 bits per heavy atom. The van der Waals surface area contributed by atoms with Crippen LogP contribution in [0.2, 0.25) is 0 Å². The molecule has 1 saturated heterocycles. The summed E-state index contributed by atoms with van der Waals surface area (Å²) in [6.45, 7) is 3.15. The van der Waals surface area contributed by atoms with E-state index in [1.165, 1.54) is 0 Å². The Labute approximate surface area is 153 Å². The zero-order chi connectivity index (χ0) is 17.8. The first-order valence-corrected chi connectivity index (χ1v) is 8.91. The Kier molecular flexibility index (Phi) is 4.65. The van der Waals surface area contributed by atoms with E-state index in [1.807, 2.05) is 71.9 Å². The van der Waals surface area contributed by atoms with Crippen LogP contribution in [0.15, 0.2) is 79.1 Å². The molecule has 0 unspecified atom stereocenters. The fourth-order valence-corrected chi connectivity index (χ4v) is 3.37. The first-order valence-electron chi connectivity index (χ1n) is 8.91. The largest absolute Gasteiger partial charge is 0.368 e. The number of amides is 1. The van der Waals surface area contributed by atoms with Gasteiger partial charge in [-0.2, -0.15) is 0 Å². The van der Waals surface area contributed by atoms with Crippen LogP contribution in [0.5, 0.6) is 0 Å². The predicted octanol–water partition coefficient (Wildman–Crippen LogP) is 3.71. The van der Waals surface area contributed by atoms with E-state index in [1.54, 1.807) is 0 Å². The molecule has 0 radical (unpaired) electrons. The molecule has 130 valence electrons. The summed E-state index contributed by atoms with van der Waals surface area (Å²) in [7, 11) is 0. The summed E-state index contributed by atoms with van der Waals surface area (Å²) in [5.74, 6) is 0.108. The third-order valence-corrected chi connectivity index (χ3v) is 4.81. The molecule has 1 fully saturated rings. The minimum Gasteiger partial charge on any atom is -0.368 e. The Morgan fingerprint density at radius 1 is 0.769 bits per heavy atom. The number of benzene rings is 2. The van der Waals surface area contributed by atoms with E-state index in [9.17, 15) is 4.79 Å². The van der Waals surface area contributed by atoms with Gasteiger partial charge < -0.3 is 9.80 Å². The summed E-state index contributed by atoms with van der Waals surface area (Å²) in [5.41, 5.74) is 4.12. The van der Waals surface area contributed by atoms with Gasteiger partial charge in [-0.1, -0.05) is 42.5 Å². The number of hydrogen-bond donors (Lipinski definition) is 0. The maximum atomic E-state index is 12.9. The van der Waals surface area contributed by atoms with Gasteiger partial charge in [0.1, 0.15) is 0 Å². The molecule has 26 heavy (non-hydrogen) atoms. The molecule has 2 heterocycles. The fraction of sp³-hybridized carbons (Fsp3) is 0.182. The molecule has 1 aromatic heterocycles. The SMILES string of the molecule is O=C(c1cccc(-c2ccccc2)c1)N1CCN(c2ccncc2)CC1. The lowest BCUT2D eigenvalue weighted by Gasteiger charge is -2.36. The number of nitrogens with zero attached hydrogens (tertiary/aromatic N) is 3. The van der Waals surface area contributed by atoms with Crippen molar-refractivity contribution in [3.63, 3.8) is 0 Å². The van der Waals surface area contributed by atoms with Gasteiger partial charge in [0.05, 0.1) is 0 Å². The highest BCUT2D eigenvalue weighted by Crippen LogP contribution is 2.22. The maximum Gasteiger partial charge on any atom is 0.253 e. The average Bonchev–Trinajstić information content (AvgIpc) is 2.75. The smallest absolute Gasteiger partial charge is 0.253 e. The van der Waals surface area contributed by atoms with Crippen LogP contribution in [0.25, 0.3) is 11.1 Å². The van der Waals surface area contributed by atoms with Crippen LogP contribution in [0.1, 0.15) is 10.4 Å². The zero-order valence-electron chi connectivity index (χ0n) is 14.6. The third kappa shape index (κ3) is 3.45. The number of piperazine rings is 1. The molecule has 4 rings (SSSR count). The van der Waals surface area contributed by atoms with Crippen molar-refractivity contribution in [1.82, 2.24) is 9.88 Å². The van der Waals surface area contributed by atoms with Gasteiger partial charge in [-0.15, -0.1) is 0 Å². The molecule has 0 atom stereocenters. The van der Waals surface area contributed by atoms with Crippen LogP contribution in [-0.2, 0) is 0 Å². The van der Waals surface area contributed by atoms with E-state index < -0.39 is 0 Å². The molecule has 0 aliphatic carbocycles. The van der Waals surface area contributed by atoms with E-state index >= 15 is 0 Å². The van der Waals surface area contributed by atoms with Crippen molar-refractivity contribution in [3.8, 4) is 11.1 Å². The van der Waals surface area contributed by atoms with Crippen LogP contribution in [-0.4, -0.2) is 42.0 Å². The molecule has 0 saturated carbocycles. The van der Waals surface area contributed by atoms with Crippen LogP contribution in [0.4, 0.5) is 5.69 Å². The summed E-state index contributed by atoms with van der Waals surface area (Å²) in [6.07, 6.45) is 3.61. The number of aromatic nitrogens is 1. The number of pyridine rings is 1. The van der Waals surface area contributed by atoms with Gasteiger partial charge in [0.15, 0.2) is 0 Å². The lowest BCUT2D eigenvalue weighted by molar-refractivity contribution is 0.0747. The highest BCUT2D eigenvalue weighted by Gasteiger charge is 2.22. The topological polar surface area (TPSA) is 36.4 Å². The van der Waals surface area contributed by atoms with Gasteiger partial charge in [-0.3, -0.25) is 9.78 Å². The average molecular weight is 343 g/mol. The van der Waals surface area contributed by atoms with Gasteiger partial charge in [0, 0.05) is 49.8 Å². The lowest BCUT2D eigenvalue weighted by Crippen LogP contribution is -2.48. The number of carbonyl (C=O) groups excluding carboxylic acids is 1. The summed E-state index contributed by atoms with van der Waals surface area (Å²) in [6, 6.07) is 22.1. The van der Waals surface area contributed by atoms with Gasteiger partial charge >= 0.3 is 0 Å². The third-order valence-electron chi connectivity index (χ3n) is 4.81. The molecule has 4 nitrogen and oxygen atoms in total. The maximum absolute atomic E-state index is 12.9. The summed E-state index contributed by atoms with van der Waals surface area (Å²) in [4.78, 5) is 21.2. The van der Waals surface area contributed by atoms with Gasteiger partial charge in [-0.05, 0) is 35.4 Å². The molecular formula is C22H21N3O. The van der Waals surface area contributed by atoms with E-state index in [0.29, 0.717) is 0 Å². The van der Waals surface area contributed by atoms with Crippen LogP contribution >= 0.6 is 0 Å². The second-order valence-electron chi connectivity index (χ2n) is 6.43. The van der Waals surface area contributed by atoms with Gasteiger partial charge in [0.25, 0.3) is 5.91 Å². The van der Waals surface area contributed by atoms with Crippen molar-refractivity contribution in [1.29, 1.82) is 0 Å². The second kappa shape index (κ2) is 7.40. The van der Waals surface area contributed by atoms with Crippen molar-refractivity contribution in [2.45, 2.75) is 0 Å². The highest BCUT2D eigenvalue weighted by molar-refractivity contribution is 5.95. The molecule has 1 aliphatic heterocycles. The van der Waals surface area contributed by atoms with Crippen LogP contribution < -0.4 is 4.90 Å². The molecule has 0 N–H and O–H groups in total. The van der Waals surface area contributed by atoms with Crippen LogP contribution in [0, 0.1) is 0 Å². The fourth-order valence-electron chi connectivity index (χ4n) is 3.37. The van der Waals surface area contributed by atoms with Crippen molar-refractivity contribution in [2.75, 3.05) is 31.1 Å². The van der Waals surface area contributed by atoms with Gasteiger partial charge in [-0.25, -0.2) is 0 Å². The Bertz CT molecular complexity index is 872. The van der Waals surface area contributed by atoms with E-state index in [0.717, 1.165) is 48.6 Å². The first kappa shape index (κ1) is 16.3. The quantitative estimate of drug-likeness (QED) is 0.727. The summed E-state index contributed by atoms with van der Waals surface area (Å²) in [5, 5.41) is 0. The Balaban J connectivity index is 1.46. The Hall–Kier alpha value is -3.14. The van der Waals surface area contributed by atoms with E-state index in [-0.39, 0.29) is 5.91 Å². The summed E-state index contributed by atoms with van der Waals surface area (Å²) < 4.78 is 0. The number of anilines is 1. The Morgan fingerprint density at radius 2 is 1.46 bits per heavy atom. The van der Waals surface area contributed by atoms with E-state index in [2.05, 4.69) is 22.0 Å². The molecule has 2 aromatic carbocycles. The van der Waals surface area contributed by atoms with E-state index in [4.69, 9.17) is 0 Å². The molecule has 1 aliphatic rings. The molecule has 3 aromatic rings. The molecule has 1 amide bonds. The van der Waals surface area contributed by atoms with Crippen LogP contribution in [0.3, 0.4) is 0 Å². The summed E-state index contributed by atoms with van der Waals surface area (Å²) >= 11 is 0. The molecule has 0 spiro atoms. The van der Waals surface area contributed by atoms with Gasteiger partial charge in [0.2, 0.25) is 0 Å². The number of rotatable bonds is 3. The van der Waals surface area contributed by atoms with Crippen molar-refractivity contribution in [2.24, 2.45) is 0 Å². The second-order valence-corrected chi connectivity index (χ2v) is 6.43. The number of hydrogen-bond acceptors (Lipinski definition) is 3. The normalized spacial score (nSPS) is 14.3. The van der Waals surface area contributed by atoms with Crippen molar-refractivity contribution in [3.05, 3.63) is 84.7 Å². The lowest BCUT2D eigenvalue weighted by atomic mass is 10.0. The zero-order valence-corrected chi connectivity index (χ0v) is 14.6.